The van der Waals surface area contributed by atoms with Gasteiger partial charge < -0.3 is 0 Å². The van der Waals surface area contributed by atoms with Gasteiger partial charge in [-0.2, -0.15) is 0 Å². The second kappa shape index (κ2) is 6.19. The zero-order valence-electron chi connectivity index (χ0n) is 10.9. The van der Waals surface area contributed by atoms with E-state index in [2.05, 4.69) is 90.4 Å². The lowest BCUT2D eigenvalue weighted by molar-refractivity contribution is 0.568. The van der Waals surface area contributed by atoms with Gasteiger partial charge in [0.05, 0.1) is 0 Å². The Labute approximate surface area is 118 Å². The maximum Gasteiger partial charge on any atom is 0.0278 e. The molecular formula is C17H19Br. The van der Waals surface area contributed by atoms with Gasteiger partial charge in [0.2, 0.25) is 0 Å². The summed E-state index contributed by atoms with van der Waals surface area (Å²) in [6.45, 7) is 4.52. The quantitative estimate of drug-likeness (QED) is 0.678. The molecule has 0 heterocycles. The van der Waals surface area contributed by atoms with Crippen molar-refractivity contribution in [3.63, 3.8) is 0 Å². The molecule has 0 aromatic heterocycles. The summed E-state index contributed by atoms with van der Waals surface area (Å²) >= 11 is 3.88. The SMILES string of the molecule is CC(C)C(Br)C(c1ccccc1)c1ccccc1. The Morgan fingerprint density at radius 2 is 1.11 bits per heavy atom. The van der Waals surface area contributed by atoms with Crippen LogP contribution in [0.1, 0.15) is 30.9 Å². The van der Waals surface area contributed by atoms with Gasteiger partial charge in [0, 0.05) is 10.7 Å². The van der Waals surface area contributed by atoms with Gasteiger partial charge in [0.1, 0.15) is 0 Å². The molecule has 94 valence electrons. The summed E-state index contributed by atoms with van der Waals surface area (Å²) in [6, 6.07) is 21.5. The summed E-state index contributed by atoms with van der Waals surface area (Å²) in [6.07, 6.45) is 0. The topological polar surface area (TPSA) is 0 Å². The summed E-state index contributed by atoms with van der Waals surface area (Å²) in [7, 11) is 0. The highest BCUT2D eigenvalue weighted by molar-refractivity contribution is 9.09. The molecule has 0 fully saturated rings. The molecule has 2 aromatic rings. The standard InChI is InChI=1S/C17H19Br/c1-13(2)17(18)16(14-9-5-3-6-10-14)15-11-7-4-8-12-15/h3-13,16-17H,1-2H3. The minimum absolute atomic E-state index is 0.410. The van der Waals surface area contributed by atoms with Gasteiger partial charge in [-0.05, 0) is 17.0 Å². The predicted octanol–water partition coefficient (Wildman–Crippen LogP) is 5.24. The summed E-state index contributed by atoms with van der Waals surface area (Å²) in [4.78, 5) is 0.447. The Hall–Kier alpha value is -1.08. The van der Waals surface area contributed by atoms with E-state index in [1.807, 2.05) is 0 Å². The van der Waals surface area contributed by atoms with E-state index in [-0.39, 0.29) is 0 Å². The maximum atomic E-state index is 3.88. The largest absolute Gasteiger partial charge is 0.0878 e. The normalized spacial score (nSPS) is 12.9. The number of benzene rings is 2. The average Bonchev–Trinajstić information content (AvgIpc) is 2.41. The molecule has 0 aliphatic carbocycles. The van der Waals surface area contributed by atoms with Gasteiger partial charge in [-0.3, -0.25) is 0 Å². The number of alkyl halides is 1. The minimum atomic E-state index is 0.410. The molecule has 0 nitrogen and oxygen atoms in total. The van der Waals surface area contributed by atoms with Crippen LogP contribution >= 0.6 is 15.9 Å². The highest BCUT2D eigenvalue weighted by atomic mass is 79.9. The van der Waals surface area contributed by atoms with Crippen LogP contribution in [0.3, 0.4) is 0 Å². The van der Waals surface area contributed by atoms with E-state index in [1.165, 1.54) is 11.1 Å². The Morgan fingerprint density at radius 1 is 0.722 bits per heavy atom. The molecule has 0 N–H and O–H groups in total. The van der Waals surface area contributed by atoms with E-state index >= 15 is 0 Å². The van der Waals surface area contributed by atoms with E-state index in [4.69, 9.17) is 0 Å². The predicted molar refractivity (Wildman–Crippen MR) is 82.3 cm³/mol. The van der Waals surface area contributed by atoms with E-state index in [0.717, 1.165) is 0 Å². The van der Waals surface area contributed by atoms with Crippen molar-refractivity contribution in [2.45, 2.75) is 24.6 Å². The van der Waals surface area contributed by atoms with Gasteiger partial charge in [-0.1, -0.05) is 90.4 Å². The Balaban J connectivity index is 2.42. The monoisotopic (exact) mass is 302 g/mol. The van der Waals surface area contributed by atoms with Crippen molar-refractivity contribution in [1.82, 2.24) is 0 Å². The van der Waals surface area contributed by atoms with E-state index < -0.39 is 0 Å². The molecule has 18 heavy (non-hydrogen) atoms. The first kappa shape index (κ1) is 13.4. The third-order valence-corrected chi connectivity index (χ3v) is 4.86. The molecule has 1 heteroatoms. The van der Waals surface area contributed by atoms with Crippen molar-refractivity contribution in [1.29, 1.82) is 0 Å². The maximum absolute atomic E-state index is 3.88. The van der Waals surface area contributed by atoms with Gasteiger partial charge in [-0.25, -0.2) is 0 Å². The fourth-order valence-corrected chi connectivity index (χ4v) is 2.88. The van der Waals surface area contributed by atoms with Crippen LogP contribution < -0.4 is 0 Å². The van der Waals surface area contributed by atoms with Crippen LogP contribution in [-0.4, -0.2) is 4.83 Å². The molecule has 0 radical (unpaired) electrons. The molecular weight excluding hydrogens is 284 g/mol. The van der Waals surface area contributed by atoms with Crippen LogP contribution in [0.15, 0.2) is 60.7 Å². The van der Waals surface area contributed by atoms with Crippen LogP contribution in [-0.2, 0) is 0 Å². The van der Waals surface area contributed by atoms with Crippen LogP contribution in [0.2, 0.25) is 0 Å². The molecule has 0 saturated carbocycles. The number of rotatable bonds is 4. The molecule has 0 saturated heterocycles. The second-order valence-electron chi connectivity index (χ2n) is 4.99. The van der Waals surface area contributed by atoms with Crippen LogP contribution in [0.5, 0.6) is 0 Å². The molecule has 1 unspecified atom stereocenters. The highest BCUT2D eigenvalue weighted by Gasteiger charge is 2.24. The third-order valence-electron chi connectivity index (χ3n) is 3.27. The summed E-state index contributed by atoms with van der Waals surface area (Å²) < 4.78 is 0. The van der Waals surface area contributed by atoms with Crippen molar-refractivity contribution in [3.05, 3.63) is 71.8 Å². The lowest BCUT2D eigenvalue weighted by atomic mass is 9.84. The Morgan fingerprint density at radius 3 is 1.44 bits per heavy atom. The Kier molecular flexibility index (Phi) is 4.60. The smallest absolute Gasteiger partial charge is 0.0278 e. The minimum Gasteiger partial charge on any atom is -0.0878 e. The molecule has 2 aromatic carbocycles. The molecule has 2 rings (SSSR count). The zero-order chi connectivity index (χ0) is 13.0. The Bertz CT molecular complexity index is 422. The van der Waals surface area contributed by atoms with Crippen LogP contribution in [0, 0.1) is 5.92 Å². The van der Waals surface area contributed by atoms with E-state index in [9.17, 15) is 0 Å². The lowest BCUT2D eigenvalue weighted by Gasteiger charge is -2.26. The molecule has 0 spiro atoms. The molecule has 0 aliphatic rings. The first-order valence-corrected chi connectivity index (χ1v) is 7.35. The van der Waals surface area contributed by atoms with Crippen molar-refractivity contribution >= 4 is 15.9 Å². The summed E-state index contributed by atoms with van der Waals surface area (Å²) in [5.74, 6) is 1.00. The summed E-state index contributed by atoms with van der Waals surface area (Å²) in [5.41, 5.74) is 2.75. The average molecular weight is 303 g/mol. The number of hydrogen-bond donors (Lipinski definition) is 0. The van der Waals surface area contributed by atoms with E-state index in [0.29, 0.717) is 16.7 Å². The highest BCUT2D eigenvalue weighted by Crippen LogP contribution is 2.35. The van der Waals surface area contributed by atoms with Crippen molar-refractivity contribution < 1.29 is 0 Å². The van der Waals surface area contributed by atoms with Crippen molar-refractivity contribution in [2.75, 3.05) is 0 Å². The van der Waals surface area contributed by atoms with Gasteiger partial charge in [0.15, 0.2) is 0 Å². The first-order chi connectivity index (χ1) is 8.70. The molecule has 0 bridgehead atoms. The van der Waals surface area contributed by atoms with Crippen LogP contribution in [0.25, 0.3) is 0 Å². The second-order valence-corrected chi connectivity index (χ2v) is 6.04. The fraction of sp³-hybridized carbons (Fsp3) is 0.294. The van der Waals surface area contributed by atoms with Gasteiger partial charge in [0.25, 0.3) is 0 Å². The number of halogens is 1. The number of hydrogen-bond acceptors (Lipinski definition) is 0. The fourth-order valence-electron chi connectivity index (χ4n) is 2.27. The molecule has 0 amide bonds. The molecule has 0 aliphatic heterocycles. The van der Waals surface area contributed by atoms with Crippen molar-refractivity contribution in [3.8, 4) is 0 Å². The lowest BCUT2D eigenvalue weighted by Crippen LogP contribution is -2.19. The van der Waals surface area contributed by atoms with E-state index in [1.54, 1.807) is 0 Å². The zero-order valence-corrected chi connectivity index (χ0v) is 12.5. The first-order valence-electron chi connectivity index (χ1n) is 6.44. The van der Waals surface area contributed by atoms with Gasteiger partial charge >= 0.3 is 0 Å². The van der Waals surface area contributed by atoms with Crippen molar-refractivity contribution in [2.24, 2.45) is 5.92 Å². The van der Waals surface area contributed by atoms with Gasteiger partial charge in [-0.15, -0.1) is 0 Å². The molecule has 1 atom stereocenters. The van der Waals surface area contributed by atoms with Crippen LogP contribution in [0.4, 0.5) is 0 Å². The third kappa shape index (κ3) is 3.02. The summed E-state index contributed by atoms with van der Waals surface area (Å²) in [5, 5.41) is 0.